The molecule has 3 rings (SSSR count). The highest BCUT2D eigenvalue weighted by Crippen LogP contribution is 2.19. The lowest BCUT2D eigenvalue weighted by atomic mass is 9.99. The molecule has 2 aromatic rings. The van der Waals surface area contributed by atoms with Crippen molar-refractivity contribution < 1.29 is 0 Å². The van der Waals surface area contributed by atoms with E-state index in [0.717, 1.165) is 25.6 Å². The topological polar surface area (TPSA) is 33.1 Å². The lowest BCUT2D eigenvalue weighted by molar-refractivity contribution is 0.236. The Labute approximate surface area is 120 Å². The van der Waals surface area contributed by atoms with Crippen molar-refractivity contribution in [3.63, 3.8) is 0 Å². The van der Waals surface area contributed by atoms with Crippen molar-refractivity contribution in [3.05, 3.63) is 30.0 Å². The minimum Gasteiger partial charge on any atom is -0.316 e. The third-order valence-electron chi connectivity index (χ3n) is 4.22. The fourth-order valence-electron chi connectivity index (χ4n) is 3.25. The summed E-state index contributed by atoms with van der Waals surface area (Å²) in [6.07, 6.45) is 2.66. The van der Waals surface area contributed by atoms with Crippen LogP contribution >= 0.6 is 0 Å². The number of aryl methyl sites for hydroxylation is 1. The van der Waals surface area contributed by atoms with Crippen molar-refractivity contribution in [3.8, 4) is 0 Å². The van der Waals surface area contributed by atoms with Crippen LogP contribution in [0.15, 0.2) is 24.3 Å². The van der Waals surface area contributed by atoms with E-state index in [9.17, 15) is 0 Å². The van der Waals surface area contributed by atoms with Gasteiger partial charge in [-0.15, -0.1) is 0 Å². The van der Waals surface area contributed by atoms with Crippen LogP contribution in [0.2, 0.25) is 0 Å². The maximum absolute atomic E-state index is 4.68. The van der Waals surface area contributed by atoms with Crippen LogP contribution in [0.5, 0.6) is 0 Å². The van der Waals surface area contributed by atoms with E-state index >= 15 is 0 Å². The van der Waals surface area contributed by atoms with Gasteiger partial charge in [-0.3, -0.25) is 4.68 Å². The van der Waals surface area contributed by atoms with Crippen molar-refractivity contribution in [2.75, 3.05) is 26.7 Å². The molecule has 4 nitrogen and oxygen atoms in total. The molecule has 1 aromatic heterocycles. The second-order valence-corrected chi connectivity index (χ2v) is 6.00. The highest BCUT2D eigenvalue weighted by molar-refractivity contribution is 5.81. The molecule has 1 saturated heterocycles. The third kappa shape index (κ3) is 2.86. The number of rotatable bonds is 4. The molecular formula is C16H24N4. The second kappa shape index (κ2) is 5.94. The van der Waals surface area contributed by atoms with Crippen molar-refractivity contribution >= 4 is 10.9 Å². The predicted molar refractivity (Wildman–Crippen MR) is 82.6 cm³/mol. The average Bonchev–Trinajstić information content (AvgIpc) is 2.77. The molecule has 0 spiro atoms. The summed E-state index contributed by atoms with van der Waals surface area (Å²) in [6.45, 7) is 4.42. The number of fused-ring (bicyclic) bond motifs is 1. The normalized spacial score (nSPS) is 19.9. The summed E-state index contributed by atoms with van der Waals surface area (Å²) in [5, 5.41) is 9.45. The smallest absolute Gasteiger partial charge is 0.0843 e. The quantitative estimate of drug-likeness (QED) is 0.924. The van der Waals surface area contributed by atoms with Gasteiger partial charge in [0.15, 0.2) is 0 Å². The van der Waals surface area contributed by atoms with E-state index < -0.39 is 0 Å². The van der Waals surface area contributed by atoms with Gasteiger partial charge in [0, 0.05) is 25.5 Å². The molecule has 1 N–H and O–H groups in total. The van der Waals surface area contributed by atoms with Crippen LogP contribution in [-0.4, -0.2) is 41.4 Å². The van der Waals surface area contributed by atoms with Gasteiger partial charge in [0.05, 0.1) is 11.2 Å². The fourth-order valence-corrected chi connectivity index (χ4v) is 3.25. The lowest BCUT2D eigenvalue weighted by Gasteiger charge is -2.27. The van der Waals surface area contributed by atoms with E-state index in [1.54, 1.807) is 0 Å². The minimum absolute atomic E-state index is 0.781. The number of para-hydroxylation sites is 1. The van der Waals surface area contributed by atoms with Crippen molar-refractivity contribution in [1.82, 2.24) is 20.0 Å². The molecule has 0 aliphatic carbocycles. The largest absolute Gasteiger partial charge is 0.316 e. The molecule has 1 aromatic carbocycles. The molecule has 1 aliphatic heterocycles. The fraction of sp³-hybridized carbons (Fsp3) is 0.562. The first kappa shape index (κ1) is 13.6. The molecule has 0 radical (unpaired) electrons. The summed E-state index contributed by atoms with van der Waals surface area (Å²) in [4.78, 5) is 2.41. The summed E-state index contributed by atoms with van der Waals surface area (Å²) < 4.78 is 1.99. The molecule has 0 saturated carbocycles. The molecule has 20 heavy (non-hydrogen) atoms. The van der Waals surface area contributed by atoms with Gasteiger partial charge >= 0.3 is 0 Å². The maximum Gasteiger partial charge on any atom is 0.0843 e. The van der Waals surface area contributed by atoms with Crippen LogP contribution in [-0.2, 0) is 13.6 Å². The van der Waals surface area contributed by atoms with Crippen LogP contribution < -0.4 is 5.32 Å². The Balaban J connectivity index is 1.69. The van der Waals surface area contributed by atoms with E-state index in [4.69, 9.17) is 0 Å². The summed E-state index contributed by atoms with van der Waals surface area (Å²) in [5.74, 6) is 0.781. The van der Waals surface area contributed by atoms with Crippen LogP contribution in [0, 0.1) is 5.92 Å². The Morgan fingerprint density at radius 2 is 2.25 bits per heavy atom. The number of piperidine rings is 1. The zero-order valence-electron chi connectivity index (χ0n) is 12.5. The Bertz CT molecular complexity index is 569. The zero-order chi connectivity index (χ0) is 13.9. The Kier molecular flexibility index (Phi) is 4.03. The van der Waals surface area contributed by atoms with Gasteiger partial charge in [0.25, 0.3) is 0 Å². The SMILES string of the molecule is CN(Cc1nn(C)c2ccccc12)CC1CCCNC1. The number of hydrogen-bond acceptors (Lipinski definition) is 3. The zero-order valence-corrected chi connectivity index (χ0v) is 12.5. The Hall–Kier alpha value is -1.39. The first-order valence-electron chi connectivity index (χ1n) is 7.54. The summed E-state index contributed by atoms with van der Waals surface area (Å²) >= 11 is 0. The van der Waals surface area contributed by atoms with E-state index in [2.05, 4.69) is 46.6 Å². The van der Waals surface area contributed by atoms with E-state index in [1.807, 2.05) is 11.7 Å². The molecule has 2 heterocycles. The second-order valence-electron chi connectivity index (χ2n) is 6.00. The van der Waals surface area contributed by atoms with E-state index in [0.29, 0.717) is 0 Å². The van der Waals surface area contributed by atoms with Crippen molar-refractivity contribution in [2.24, 2.45) is 13.0 Å². The summed E-state index contributed by atoms with van der Waals surface area (Å²) in [6, 6.07) is 8.48. The van der Waals surface area contributed by atoms with Crippen LogP contribution in [0.1, 0.15) is 18.5 Å². The molecule has 0 bridgehead atoms. The van der Waals surface area contributed by atoms with Gasteiger partial charge in [-0.2, -0.15) is 5.10 Å². The molecule has 1 aliphatic rings. The molecule has 4 heteroatoms. The number of aromatic nitrogens is 2. The Morgan fingerprint density at radius 3 is 3.05 bits per heavy atom. The van der Waals surface area contributed by atoms with Gasteiger partial charge in [0.1, 0.15) is 0 Å². The highest BCUT2D eigenvalue weighted by atomic mass is 15.3. The molecule has 1 atom stereocenters. The molecule has 0 amide bonds. The third-order valence-corrected chi connectivity index (χ3v) is 4.22. The maximum atomic E-state index is 4.68. The standard InChI is InChI=1S/C16H24N4/c1-19(11-13-6-5-9-17-10-13)12-15-14-7-3-4-8-16(14)20(2)18-15/h3-4,7-8,13,17H,5-6,9-12H2,1-2H3. The minimum atomic E-state index is 0.781. The number of hydrogen-bond donors (Lipinski definition) is 1. The molecule has 1 fully saturated rings. The summed E-state index contributed by atoms with van der Waals surface area (Å²) in [7, 11) is 4.23. The molecule has 1 unspecified atom stereocenters. The lowest BCUT2D eigenvalue weighted by Crippen LogP contribution is -2.36. The number of nitrogens with zero attached hydrogens (tertiary/aromatic N) is 3. The monoisotopic (exact) mass is 272 g/mol. The van der Waals surface area contributed by atoms with Crippen molar-refractivity contribution in [2.45, 2.75) is 19.4 Å². The molecule has 108 valence electrons. The van der Waals surface area contributed by atoms with Gasteiger partial charge in [0.2, 0.25) is 0 Å². The molecular weight excluding hydrogens is 248 g/mol. The van der Waals surface area contributed by atoms with E-state index in [-0.39, 0.29) is 0 Å². The van der Waals surface area contributed by atoms with Crippen LogP contribution in [0.25, 0.3) is 10.9 Å². The highest BCUT2D eigenvalue weighted by Gasteiger charge is 2.16. The van der Waals surface area contributed by atoms with Crippen molar-refractivity contribution in [1.29, 1.82) is 0 Å². The first-order valence-corrected chi connectivity index (χ1v) is 7.54. The number of benzene rings is 1. The van der Waals surface area contributed by atoms with E-state index in [1.165, 1.54) is 36.0 Å². The van der Waals surface area contributed by atoms with Crippen LogP contribution in [0.3, 0.4) is 0 Å². The number of nitrogens with one attached hydrogen (secondary N) is 1. The predicted octanol–water partition coefficient (Wildman–Crippen LogP) is 2.00. The van der Waals surface area contributed by atoms with Gasteiger partial charge in [-0.1, -0.05) is 18.2 Å². The van der Waals surface area contributed by atoms with Crippen LogP contribution in [0.4, 0.5) is 0 Å². The van der Waals surface area contributed by atoms with Gasteiger partial charge in [-0.05, 0) is 45.0 Å². The Morgan fingerprint density at radius 1 is 1.40 bits per heavy atom. The summed E-state index contributed by atoms with van der Waals surface area (Å²) in [5.41, 5.74) is 2.41. The average molecular weight is 272 g/mol. The first-order chi connectivity index (χ1) is 9.74. The van der Waals surface area contributed by atoms with Gasteiger partial charge < -0.3 is 10.2 Å². The van der Waals surface area contributed by atoms with Gasteiger partial charge in [-0.25, -0.2) is 0 Å².